The lowest BCUT2D eigenvalue weighted by Gasteiger charge is -2.37. The number of nitriles is 1. The summed E-state index contributed by atoms with van der Waals surface area (Å²) in [7, 11) is -2.96. The van der Waals surface area contributed by atoms with E-state index in [9.17, 15) is 5.26 Å². The Hall–Kier alpha value is 0.445. The second-order valence-electron chi connectivity index (χ2n) is 4.91. The smallest absolute Gasteiger partial charge is 0.248 e. The molecule has 0 saturated heterocycles. The third-order valence-corrected chi connectivity index (χ3v) is 5.88. The molecule has 1 radical (unpaired) electrons. The molecule has 19 heavy (non-hydrogen) atoms. The topological polar surface area (TPSA) is 51.5 Å². The molecule has 0 saturated carbocycles. The molecular weight excluding hydrogens is 307 g/mol. The van der Waals surface area contributed by atoms with E-state index in [4.69, 9.17) is 36.8 Å². The molecule has 111 valence electrons. The predicted molar refractivity (Wildman–Crippen MR) is 82.4 cm³/mol. The molecule has 4 nitrogen and oxygen atoms in total. The van der Waals surface area contributed by atoms with E-state index in [-0.39, 0.29) is 18.3 Å². The standard InChI is InChI=1S/C11H22BCl2NO3P/c1-8(2)16-19(17-9(3)4,18-10(5)6)12(7-15)11(13)14/h8-11H,1-6H3. The maximum atomic E-state index is 9.34. The van der Waals surface area contributed by atoms with Crippen LogP contribution in [0.2, 0.25) is 0 Å². The van der Waals surface area contributed by atoms with E-state index < -0.39 is 19.0 Å². The van der Waals surface area contributed by atoms with Crippen molar-refractivity contribution in [3.8, 4) is 5.97 Å². The summed E-state index contributed by atoms with van der Waals surface area (Å²) in [6, 6.07) is 0. The predicted octanol–water partition coefficient (Wildman–Crippen LogP) is 4.42. The Morgan fingerprint density at radius 2 is 1.21 bits per heavy atom. The molecule has 0 unspecified atom stereocenters. The molecule has 8 heteroatoms. The van der Waals surface area contributed by atoms with Gasteiger partial charge in [0.25, 0.3) is 0 Å². The van der Waals surface area contributed by atoms with Crippen molar-refractivity contribution in [3.05, 3.63) is 0 Å². The third-order valence-electron chi connectivity index (χ3n) is 1.78. The summed E-state index contributed by atoms with van der Waals surface area (Å²) in [6.07, 6.45) is -1.32. The first-order valence-corrected chi connectivity index (χ1v) is 8.74. The van der Waals surface area contributed by atoms with Crippen LogP contribution in [0.3, 0.4) is 0 Å². The first-order chi connectivity index (χ1) is 8.64. The minimum absolute atomic E-state index is 0.159. The molecule has 0 bridgehead atoms. The molecule has 0 aromatic heterocycles. The quantitative estimate of drug-likeness (QED) is 0.376. The second-order valence-corrected chi connectivity index (χ2v) is 8.34. The summed E-state index contributed by atoms with van der Waals surface area (Å²) in [4.78, 5) is 0. The van der Waals surface area contributed by atoms with Crippen LogP contribution in [0.15, 0.2) is 0 Å². The van der Waals surface area contributed by atoms with Crippen LogP contribution in [-0.2, 0) is 13.6 Å². The molecule has 0 amide bonds. The summed E-state index contributed by atoms with van der Waals surface area (Å²) >= 11 is 11.8. The van der Waals surface area contributed by atoms with Crippen LogP contribution in [-0.4, -0.2) is 29.5 Å². The molecule has 0 heterocycles. The van der Waals surface area contributed by atoms with Gasteiger partial charge in [-0.1, -0.05) is 0 Å². The zero-order valence-electron chi connectivity index (χ0n) is 12.3. The molecule has 0 rings (SSSR count). The van der Waals surface area contributed by atoms with Crippen LogP contribution < -0.4 is 0 Å². The average molecular weight is 329 g/mol. The molecule has 0 aromatic rings. The Morgan fingerprint density at radius 1 is 0.895 bits per heavy atom. The Bertz CT molecular complexity index is 284. The lowest BCUT2D eigenvalue weighted by molar-refractivity contribution is 0.0855. The van der Waals surface area contributed by atoms with Crippen molar-refractivity contribution in [2.75, 3.05) is 0 Å². The molecule has 0 aliphatic heterocycles. The second kappa shape index (κ2) is 8.67. The lowest BCUT2D eigenvalue weighted by Crippen LogP contribution is -2.34. The van der Waals surface area contributed by atoms with E-state index in [0.29, 0.717) is 0 Å². The van der Waals surface area contributed by atoms with Gasteiger partial charge in [-0.05, 0) is 41.5 Å². The van der Waals surface area contributed by atoms with Crippen molar-refractivity contribution in [3.63, 3.8) is 0 Å². The van der Waals surface area contributed by atoms with Gasteiger partial charge in [0.05, 0.1) is 18.3 Å². The summed E-state index contributed by atoms with van der Waals surface area (Å²) in [5, 5.41) is 9.34. The van der Waals surface area contributed by atoms with E-state index in [1.807, 2.05) is 41.5 Å². The Kier molecular flexibility index (Phi) is 8.87. The van der Waals surface area contributed by atoms with Crippen LogP contribution in [0.1, 0.15) is 41.5 Å². The average Bonchev–Trinajstić information content (AvgIpc) is 2.12. The fourth-order valence-corrected chi connectivity index (χ4v) is 5.08. The van der Waals surface area contributed by atoms with Gasteiger partial charge in [0, 0.05) is 4.74 Å². The summed E-state index contributed by atoms with van der Waals surface area (Å²) in [6.45, 7) is 11.1. The molecule has 0 spiro atoms. The van der Waals surface area contributed by atoms with Gasteiger partial charge in [-0.25, -0.2) is 18.8 Å². The maximum absolute atomic E-state index is 9.34. The van der Waals surface area contributed by atoms with E-state index in [1.165, 1.54) is 0 Å². The fourth-order valence-electron chi connectivity index (χ4n) is 1.42. The molecule has 0 N–H and O–H groups in total. The summed E-state index contributed by atoms with van der Waals surface area (Å²) in [5.41, 5.74) is 0. The lowest BCUT2D eigenvalue weighted by atomic mass is 9.82. The summed E-state index contributed by atoms with van der Waals surface area (Å²) < 4.78 is 16.6. The normalized spacial score (nSPS) is 13.1. The zero-order chi connectivity index (χ0) is 15.2. The highest BCUT2D eigenvalue weighted by molar-refractivity contribution is 7.96. The van der Waals surface area contributed by atoms with Gasteiger partial charge >= 0.3 is 6.43 Å². The number of hydrogen-bond donors (Lipinski definition) is 0. The summed E-state index contributed by atoms with van der Waals surface area (Å²) in [5.74, 6) is 2.07. The monoisotopic (exact) mass is 328 g/mol. The van der Waals surface area contributed by atoms with Crippen LogP contribution in [0, 0.1) is 11.2 Å². The molecular formula is C11H22BCl2NO3P. The largest absolute Gasteiger partial charge is 0.324 e. The van der Waals surface area contributed by atoms with E-state index in [2.05, 4.69) is 5.97 Å². The Balaban J connectivity index is 5.50. The minimum Gasteiger partial charge on any atom is -0.248 e. The van der Waals surface area contributed by atoms with Crippen LogP contribution in [0.25, 0.3) is 0 Å². The van der Waals surface area contributed by atoms with Gasteiger partial charge in [0.1, 0.15) is 0 Å². The van der Waals surface area contributed by atoms with E-state index >= 15 is 0 Å². The Labute approximate surface area is 127 Å². The van der Waals surface area contributed by atoms with Gasteiger partial charge < -0.3 is 0 Å². The third kappa shape index (κ3) is 6.62. The number of halogens is 2. The van der Waals surface area contributed by atoms with Gasteiger partial charge in [-0.3, -0.25) is 0 Å². The van der Waals surface area contributed by atoms with Crippen LogP contribution in [0.4, 0.5) is 0 Å². The number of hydrogen-bond acceptors (Lipinski definition) is 4. The van der Waals surface area contributed by atoms with Gasteiger partial charge in [-0.2, -0.15) is 0 Å². The van der Waals surface area contributed by atoms with Gasteiger partial charge in [0.2, 0.25) is 7.82 Å². The maximum Gasteiger partial charge on any atom is 0.324 e. The molecule has 0 fully saturated rings. The number of rotatable bonds is 8. The van der Waals surface area contributed by atoms with Crippen molar-refractivity contribution < 1.29 is 13.6 Å². The van der Waals surface area contributed by atoms with Crippen molar-refractivity contribution in [1.82, 2.24) is 0 Å². The van der Waals surface area contributed by atoms with Crippen molar-refractivity contribution in [2.24, 2.45) is 0 Å². The number of nitrogens with zero attached hydrogens (tertiary/aromatic N) is 1. The van der Waals surface area contributed by atoms with Crippen molar-refractivity contribution in [2.45, 2.75) is 64.6 Å². The minimum atomic E-state index is -2.96. The SMILES string of the molecule is CC(C)O[P+](OC(C)C)(OC(C)C)[B-](C#N)C(Cl)Cl. The highest BCUT2D eigenvalue weighted by Crippen LogP contribution is 2.67. The van der Waals surface area contributed by atoms with E-state index in [1.54, 1.807) is 0 Å². The molecule has 0 aliphatic carbocycles. The molecule has 0 aromatic carbocycles. The zero-order valence-corrected chi connectivity index (χ0v) is 14.7. The van der Waals surface area contributed by atoms with E-state index in [0.717, 1.165) is 0 Å². The van der Waals surface area contributed by atoms with Crippen molar-refractivity contribution in [1.29, 1.82) is 5.26 Å². The first kappa shape index (κ1) is 19.4. The van der Waals surface area contributed by atoms with Gasteiger partial charge in [-0.15, -0.1) is 29.2 Å². The molecule has 0 atom stereocenters. The van der Waals surface area contributed by atoms with Crippen molar-refractivity contribution >= 4 is 37.5 Å². The van der Waals surface area contributed by atoms with Crippen LogP contribution >= 0.6 is 31.0 Å². The Morgan fingerprint density at radius 3 is 1.37 bits per heavy atom. The fraction of sp³-hybridized carbons (Fsp3) is 0.909. The first-order valence-electron chi connectivity index (χ1n) is 6.26. The highest BCUT2D eigenvalue weighted by atomic mass is 35.5. The van der Waals surface area contributed by atoms with Gasteiger partial charge in [0.15, 0.2) is 0 Å². The number of alkyl halides is 2. The molecule has 0 aliphatic rings. The van der Waals surface area contributed by atoms with Crippen LogP contribution in [0.5, 0.6) is 0 Å². The highest BCUT2D eigenvalue weighted by Gasteiger charge is 2.50.